The molecule has 0 saturated carbocycles. The number of hydrogen-bond donors (Lipinski definition) is 1. The van der Waals surface area contributed by atoms with E-state index in [4.69, 9.17) is 4.74 Å². The summed E-state index contributed by atoms with van der Waals surface area (Å²) in [4.78, 5) is 2.54. The number of nitrogens with zero attached hydrogens (tertiary/aromatic N) is 1. The maximum Gasteiger partial charge on any atom is 0.124 e. The Hall–Kier alpha value is -1.84. The van der Waals surface area contributed by atoms with Gasteiger partial charge in [0.05, 0.1) is 7.11 Å². The summed E-state index contributed by atoms with van der Waals surface area (Å²) in [6, 6.07) is 15.8. The molecule has 1 atom stereocenters. The third kappa shape index (κ3) is 4.16. The molecule has 1 aliphatic heterocycles. The van der Waals surface area contributed by atoms with Gasteiger partial charge in [0.1, 0.15) is 5.75 Å². The Bertz CT molecular complexity index is 646. The van der Waals surface area contributed by atoms with E-state index < -0.39 is 0 Å². The molecule has 2 aromatic rings. The maximum atomic E-state index is 5.45. The van der Waals surface area contributed by atoms with E-state index in [0.29, 0.717) is 6.04 Å². The number of hydrogen-bond acceptors (Lipinski definition) is 3. The van der Waals surface area contributed by atoms with E-state index in [1.807, 2.05) is 0 Å². The highest BCUT2D eigenvalue weighted by Crippen LogP contribution is 2.24. The lowest BCUT2D eigenvalue weighted by atomic mass is 10.1. The van der Waals surface area contributed by atoms with Crippen molar-refractivity contribution in [3.05, 3.63) is 64.7 Å². The van der Waals surface area contributed by atoms with Crippen molar-refractivity contribution in [2.24, 2.45) is 0 Å². The van der Waals surface area contributed by atoms with Gasteiger partial charge in [0.15, 0.2) is 0 Å². The summed E-state index contributed by atoms with van der Waals surface area (Å²) in [6.07, 6.45) is 1.22. The van der Waals surface area contributed by atoms with Gasteiger partial charge < -0.3 is 10.1 Å². The molecule has 1 fully saturated rings. The number of ether oxygens (including phenoxy) is 1. The molecule has 0 aliphatic carbocycles. The molecule has 2 aromatic carbocycles. The normalized spacial score (nSPS) is 18.0. The average molecular weight is 324 g/mol. The lowest BCUT2D eigenvalue weighted by Crippen LogP contribution is -2.32. The van der Waals surface area contributed by atoms with Crippen LogP contribution in [-0.4, -0.2) is 31.1 Å². The third-order valence-corrected chi connectivity index (χ3v) is 4.84. The molecular weight excluding hydrogens is 296 g/mol. The Morgan fingerprint density at radius 3 is 2.46 bits per heavy atom. The summed E-state index contributed by atoms with van der Waals surface area (Å²) in [5, 5.41) is 3.72. The van der Waals surface area contributed by atoms with E-state index in [-0.39, 0.29) is 0 Å². The quantitative estimate of drug-likeness (QED) is 0.877. The van der Waals surface area contributed by atoms with E-state index >= 15 is 0 Å². The van der Waals surface area contributed by atoms with Gasteiger partial charge in [0.25, 0.3) is 0 Å². The molecule has 1 N–H and O–H groups in total. The summed E-state index contributed by atoms with van der Waals surface area (Å²) in [5.74, 6) is 1.01. The first-order valence-corrected chi connectivity index (χ1v) is 8.79. The first-order chi connectivity index (χ1) is 11.7. The highest BCUT2D eigenvalue weighted by molar-refractivity contribution is 5.43. The lowest BCUT2D eigenvalue weighted by molar-refractivity contribution is 0.320. The third-order valence-electron chi connectivity index (χ3n) is 4.84. The smallest absolute Gasteiger partial charge is 0.124 e. The molecule has 3 rings (SSSR count). The van der Waals surface area contributed by atoms with Gasteiger partial charge >= 0.3 is 0 Å². The van der Waals surface area contributed by atoms with E-state index in [1.165, 1.54) is 35.2 Å². The van der Waals surface area contributed by atoms with Gasteiger partial charge in [-0.3, -0.25) is 4.90 Å². The molecule has 128 valence electrons. The van der Waals surface area contributed by atoms with Gasteiger partial charge in [-0.15, -0.1) is 0 Å². The molecule has 0 radical (unpaired) electrons. The van der Waals surface area contributed by atoms with Crippen LogP contribution in [0.2, 0.25) is 0 Å². The van der Waals surface area contributed by atoms with Crippen LogP contribution in [0.5, 0.6) is 5.75 Å². The van der Waals surface area contributed by atoms with Crippen molar-refractivity contribution in [2.75, 3.05) is 20.2 Å². The van der Waals surface area contributed by atoms with E-state index in [2.05, 4.69) is 66.5 Å². The van der Waals surface area contributed by atoms with E-state index in [9.17, 15) is 0 Å². The van der Waals surface area contributed by atoms with Gasteiger partial charge in [-0.1, -0.05) is 42.5 Å². The second-order valence-electron chi connectivity index (χ2n) is 6.85. The summed E-state index contributed by atoms with van der Waals surface area (Å²) in [5.41, 5.74) is 5.17. The van der Waals surface area contributed by atoms with E-state index in [0.717, 1.165) is 25.4 Å². The highest BCUT2D eigenvalue weighted by Gasteiger charge is 2.21. The predicted molar refractivity (Wildman–Crippen MR) is 99.4 cm³/mol. The monoisotopic (exact) mass is 324 g/mol. The molecule has 0 amide bonds. The van der Waals surface area contributed by atoms with Gasteiger partial charge in [0, 0.05) is 32.2 Å². The zero-order valence-corrected chi connectivity index (χ0v) is 15.0. The Morgan fingerprint density at radius 1 is 1.08 bits per heavy atom. The van der Waals surface area contributed by atoms with Crippen molar-refractivity contribution in [3.8, 4) is 5.75 Å². The second-order valence-corrected chi connectivity index (χ2v) is 6.85. The van der Waals surface area contributed by atoms with Crippen LogP contribution in [0.25, 0.3) is 0 Å². The van der Waals surface area contributed by atoms with Crippen molar-refractivity contribution in [3.63, 3.8) is 0 Å². The lowest BCUT2D eigenvalue weighted by Gasteiger charge is -2.17. The standard InChI is InChI=1S/C21H28N2O/c1-16-11-19(12-17(2)21(16)24-3)13-22-20-9-10-23(15-20)14-18-7-5-4-6-8-18/h4-8,11-12,20,22H,9-10,13-15H2,1-3H3. The predicted octanol–water partition coefficient (Wildman–Crippen LogP) is 3.68. The summed E-state index contributed by atoms with van der Waals surface area (Å²) < 4.78 is 5.45. The Labute approximate surface area is 145 Å². The maximum absolute atomic E-state index is 5.45. The fourth-order valence-electron chi connectivity index (χ4n) is 3.71. The van der Waals surface area contributed by atoms with Crippen LogP contribution in [0.1, 0.15) is 28.7 Å². The molecule has 1 unspecified atom stereocenters. The van der Waals surface area contributed by atoms with Crippen molar-refractivity contribution in [1.29, 1.82) is 0 Å². The van der Waals surface area contributed by atoms with Gasteiger partial charge in [0.2, 0.25) is 0 Å². The minimum absolute atomic E-state index is 0.580. The molecule has 3 heteroatoms. The fraction of sp³-hybridized carbons (Fsp3) is 0.429. The van der Waals surface area contributed by atoms with Crippen LogP contribution >= 0.6 is 0 Å². The van der Waals surface area contributed by atoms with E-state index in [1.54, 1.807) is 7.11 Å². The van der Waals surface area contributed by atoms with Crippen LogP contribution in [0.3, 0.4) is 0 Å². The number of aryl methyl sites for hydroxylation is 2. The number of rotatable bonds is 6. The Balaban J connectivity index is 1.51. The average Bonchev–Trinajstić information content (AvgIpc) is 3.01. The number of nitrogens with one attached hydrogen (secondary N) is 1. The Kier molecular flexibility index (Phi) is 5.54. The molecule has 1 saturated heterocycles. The van der Waals surface area contributed by atoms with Crippen LogP contribution in [0, 0.1) is 13.8 Å². The van der Waals surface area contributed by atoms with Gasteiger partial charge in [-0.25, -0.2) is 0 Å². The van der Waals surface area contributed by atoms with Crippen molar-refractivity contribution < 1.29 is 4.74 Å². The molecule has 3 nitrogen and oxygen atoms in total. The number of methoxy groups -OCH3 is 1. The largest absolute Gasteiger partial charge is 0.496 e. The van der Waals surface area contributed by atoms with Crippen LogP contribution in [0.4, 0.5) is 0 Å². The molecule has 1 heterocycles. The summed E-state index contributed by atoms with van der Waals surface area (Å²) >= 11 is 0. The number of likely N-dealkylation sites (tertiary alicyclic amines) is 1. The first-order valence-electron chi connectivity index (χ1n) is 8.79. The van der Waals surface area contributed by atoms with Gasteiger partial charge in [-0.05, 0) is 42.5 Å². The van der Waals surface area contributed by atoms with Gasteiger partial charge in [-0.2, -0.15) is 0 Å². The molecular formula is C21H28N2O. The number of benzene rings is 2. The molecule has 0 spiro atoms. The Morgan fingerprint density at radius 2 is 1.79 bits per heavy atom. The minimum Gasteiger partial charge on any atom is -0.496 e. The molecule has 24 heavy (non-hydrogen) atoms. The highest BCUT2D eigenvalue weighted by atomic mass is 16.5. The summed E-state index contributed by atoms with van der Waals surface area (Å²) in [6.45, 7) is 8.52. The SMILES string of the molecule is COc1c(C)cc(CNC2CCN(Cc3ccccc3)C2)cc1C. The first kappa shape index (κ1) is 17.0. The summed E-state index contributed by atoms with van der Waals surface area (Å²) in [7, 11) is 1.74. The topological polar surface area (TPSA) is 24.5 Å². The molecule has 0 aromatic heterocycles. The van der Waals surface area contributed by atoms with Crippen molar-refractivity contribution in [2.45, 2.75) is 39.4 Å². The van der Waals surface area contributed by atoms with Crippen LogP contribution in [-0.2, 0) is 13.1 Å². The zero-order valence-electron chi connectivity index (χ0n) is 15.0. The zero-order chi connectivity index (χ0) is 16.9. The van der Waals surface area contributed by atoms with Crippen molar-refractivity contribution >= 4 is 0 Å². The molecule has 0 bridgehead atoms. The van der Waals surface area contributed by atoms with Crippen molar-refractivity contribution in [1.82, 2.24) is 10.2 Å². The molecule has 1 aliphatic rings. The second kappa shape index (κ2) is 7.82. The van der Waals surface area contributed by atoms with Crippen LogP contribution in [0.15, 0.2) is 42.5 Å². The van der Waals surface area contributed by atoms with Crippen LogP contribution < -0.4 is 10.1 Å². The minimum atomic E-state index is 0.580. The fourth-order valence-corrected chi connectivity index (χ4v) is 3.71.